The van der Waals surface area contributed by atoms with Crippen LogP contribution in [0.15, 0.2) is 24.3 Å². The maximum atomic E-state index is 12.2. The predicted octanol–water partition coefficient (Wildman–Crippen LogP) is 2.41. The summed E-state index contributed by atoms with van der Waals surface area (Å²) >= 11 is 0. The lowest BCUT2D eigenvalue weighted by molar-refractivity contribution is -0.384. The van der Waals surface area contributed by atoms with Gasteiger partial charge in [-0.2, -0.15) is 0 Å². The highest BCUT2D eigenvalue weighted by Crippen LogP contribution is 2.21. The fourth-order valence-electron chi connectivity index (χ4n) is 2.96. The molecule has 0 aliphatic carbocycles. The minimum absolute atomic E-state index is 0.0660. The third-order valence-corrected chi connectivity index (χ3v) is 4.55. The second-order valence-electron chi connectivity index (χ2n) is 6.29. The first-order valence-electron chi connectivity index (χ1n) is 8.41. The molecule has 0 bridgehead atoms. The molecule has 7 nitrogen and oxygen atoms in total. The van der Waals surface area contributed by atoms with Crippen molar-refractivity contribution in [2.75, 3.05) is 25.0 Å². The monoisotopic (exact) mass is 335 g/mol. The average molecular weight is 335 g/mol. The van der Waals surface area contributed by atoms with Crippen LogP contribution in [0.5, 0.6) is 0 Å². The van der Waals surface area contributed by atoms with Crippen molar-refractivity contribution in [3.05, 3.63) is 34.4 Å². The highest BCUT2D eigenvalue weighted by molar-refractivity contribution is 5.76. The minimum atomic E-state index is -0.427. The summed E-state index contributed by atoms with van der Waals surface area (Å²) in [6.07, 6.45) is 2.63. The molecule has 1 heterocycles. The summed E-state index contributed by atoms with van der Waals surface area (Å²) in [4.78, 5) is 24.2. The third kappa shape index (κ3) is 5.19. The smallest absolute Gasteiger partial charge is 0.269 e. The van der Waals surface area contributed by atoms with E-state index in [1.165, 1.54) is 12.1 Å². The number of nitrogens with one attached hydrogen (secondary N) is 1. The Morgan fingerprint density at radius 3 is 2.54 bits per heavy atom. The third-order valence-electron chi connectivity index (χ3n) is 4.55. The van der Waals surface area contributed by atoms with Crippen LogP contribution in [0, 0.1) is 16.0 Å². The molecule has 1 atom stereocenters. The molecule has 2 N–H and O–H groups in total. The van der Waals surface area contributed by atoms with Gasteiger partial charge in [0.1, 0.15) is 0 Å². The van der Waals surface area contributed by atoms with Crippen molar-refractivity contribution in [3.63, 3.8) is 0 Å². The quantitative estimate of drug-likeness (QED) is 0.453. The minimum Gasteiger partial charge on any atom is -0.393 e. The van der Waals surface area contributed by atoms with Gasteiger partial charge in [0.25, 0.3) is 5.69 Å². The summed E-state index contributed by atoms with van der Waals surface area (Å²) in [5.41, 5.74) is 0.877. The highest BCUT2D eigenvalue weighted by Gasteiger charge is 2.24. The van der Waals surface area contributed by atoms with Crippen molar-refractivity contribution < 1.29 is 14.8 Å². The van der Waals surface area contributed by atoms with Crippen LogP contribution >= 0.6 is 0 Å². The summed E-state index contributed by atoms with van der Waals surface area (Å²) in [5, 5.41) is 23.3. The molecule has 2 rings (SSSR count). The van der Waals surface area contributed by atoms with Crippen LogP contribution < -0.4 is 5.32 Å². The number of hydrogen-bond acceptors (Lipinski definition) is 5. The number of carbonyl (C=O) groups excluding carboxylic acids is 1. The normalized spacial score (nSPS) is 16.7. The van der Waals surface area contributed by atoms with Gasteiger partial charge in [-0.3, -0.25) is 14.9 Å². The van der Waals surface area contributed by atoms with Gasteiger partial charge in [0.05, 0.1) is 11.0 Å². The van der Waals surface area contributed by atoms with Crippen molar-refractivity contribution >= 4 is 17.3 Å². The SMILES string of the molecule is CC(O)C1CCN(C(=O)CCCNc2ccc([N+](=O)[O-])cc2)CC1. The summed E-state index contributed by atoms with van der Waals surface area (Å²) in [7, 11) is 0. The van der Waals surface area contributed by atoms with Crippen molar-refractivity contribution in [2.24, 2.45) is 5.92 Å². The lowest BCUT2D eigenvalue weighted by Gasteiger charge is -2.33. The van der Waals surface area contributed by atoms with E-state index in [2.05, 4.69) is 5.32 Å². The fraction of sp³-hybridized carbons (Fsp3) is 0.588. The van der Waals surface area contributed by atoms with E-state index >= 15 is 0 Å². The molecule has 24 heavy (non-hydrogen) atoms. The molecule has 0 radical (unpaired) electrons. The number of aliphatic hydroxyl groups is 1. The number of non-ortho nitro benzene ring substituents is 1. The molecule has 1 unspecified atom stereocenters. The Hall–Kier alpha value is -2.15. The van der Waals surface area contributed by atoms with E-state index in [9.17, 15) is 20.0 Å². The van der Waals surface area contributed by atoms with Gasteiger partial charge < -0.3 is 15.3 Å². The van der Waals surface area contributed by atoms with Crippen molar-refractivity contribution in [3.8, 4) is 0 Å². The maximum Gasteiger partial charge on any atom is 0.269 e. The molecule has 0 saturated carbocycles. The van der Waals surface area contributed by atoms with E-state index in [-0.39, 0.29) is 17.7 Å². The Kier molecular flexibility index (Phi) is 6.54. The number of rotatable bonds is 7. The van der Waals surface area contributed by atoms with Crippen LogP contribution in [-0.4, -0.2) is 46.6 Å². The Morgan fingerprint density at radius 2 is 2.00 bits per heavy atom. The number of nitrogens with zero attached hydrogens (tertiary/aromatic N) is 2. The van der Waals surface area contributed by atoms with E-state index in [0.717, 1.165) is 31.6 Å². The number of aliphatic hydroxyl groups excluding tert-OH is 1. The molecule has 1 aliphatic heterocycles. The standard InChI is InChI=1S/C17H25N3O4/c1-13(21)14-8-11-19(12-9-14)17(22)3-2-10-18-15-4-6-16(7-5-15)20(23)24/h4-7,13-14,18,21H,2-3,8-12H2,1H3. The van der Waals surface area contributed by atoms with Crippen molar-refractivity contribution in [2.45, 2.75) is 38.7 Å². The van der Waals surface area contributed by atoms with Crippen molar-refractivity contribution in [1.82, 2.24) is 4.90 Å². The van der Waals surface area contributed by atoms with Gasteiger partial charge in [0.15, 0.2) is 0 Å². The van der Waals surface area contributed by atoms with Crippen LogP contribution in [0.1, 0.15) is 32.6 Å². The second kappa shape index (κ2) is 8.63. The lowest BCUT2D eigenvalue weighted by Crippen LogP contribution is -2.40. The second-order valence-corrected chi connectivity index (χ2v) is 6.29. The molecule has 1 aliphatic rings. The zero-order chi connectivity index (χ0) is 17.5. The van der Waals surface area contributed by atoms with Gasteiger partial charge in [-0.15, -0.1) is 0 Å². The molecular weight excluding hydrogens is 310 g/mol. The van der Waals surface area contributed by atoms with Gasteiger partial charge in [-0.1, -0.05) is 0 Å². The summed E-state index contributed by atoms with van der Waals surface area (Å²) in [6.45, 7) is 3.91. The summed E-state index contributed by atoms with van der Waals surface area (Å²) in [5.74, 6) is 0.461. The van der Waals surface area contributed by atoms with Crippen LogP contribution in [0.4, 0.5) is 11.4 Å². The topological polar surface area (TPSA) is 95.7 Å². The number of benzene rings is 1. The number of amides is 1. The van der Waals surface area contributed by atoms with E-state index in [4.69, 9.17) is 0 Å². The van der Waals surface area contributed by atoms with Gasteiger partial charge >= 0.3 is 0 Å². The van der Waals surface area contributed by atoms with Gasteiger partial charge in [0, 0.05) is 43.9 Å². The first-order valence-corrected chi connectivity index (χ1v) is 8.41. The number of anilines is 1. The van der Waals surface area contributed by atoms with E-state index in [1.54, 1.807) is 12.1 Å². The zero-order valence-corrected chi connectivity index (χ0v) is 14.0. The highest BCUT2D eigenvalue weighted by atomic mass is 16.6. The van der Waals surface area contributed by atoms with Crippen molar-refractivity contribution in [1.29, 1.82) is 0 Å². The van der Waals surface area contributed by atoms with E-state index < -0.39 is 4.92 Å². The molecule has 0 spiro atoms. The molecule has 1 aromatic carbocycles. The van der Waals surface area contributed by atoms with Crippen LogP contribution in [-0.2, 0) is 4.79 Å². The summed E-state index contributed by atoms with van der Waals surface area (Å²) in [6, 6.07) is 6.25. The molecule has 1 fully saturated rings. The lowest BCUT2D eigenvalue weighted by atomic mass is 9.92. The molecule has 132 valence electrons. The fourth-order valence-corrected chi connectivity index (χ4v) is 2.96. The number of piperidine rings is 1. The number of nitro benzene ring substituents is 1. The van der Waals surface area contributed by atoms with E-state index in [1.807, 2.05) is 11.8 Å². The number of carbonyl (C=O) groups is 1. The molecule has 1 saturated heterocycles. The Balaban J connectivity index is 1.65. The largest absolute Gasteiger partial charge is 0.393 e. The first kappa shape index (κ1) is 18.2. The molecule has 0 aromatic heterocycles. The average Bonchev–Trinajstić information content (AvgIpc) is 2.59. The van der Waals surface area contributed by atoms with Gasteiger partial charge in [0.2, 0.25) is 5.91 Å². The molecule has 1 amide bonds. The maximum absolute atomic E-state index is 12.2. The first-order chi connectivity index (χ1) is 11.5. The predicted molar refractivity (Wildman–Crippen MR) is 91.8 cm³/mol. The van der Waals surface area contributed by atoms with Gasteiger partial charge in [-0.25, -0.2) is 0 Å². The van der Waals surface area contributed by atoms with Crippen LogP contribution in [0.25, 0.3) is 0 Å². The number of nitro groups is 1. The Labute approximate surface area is 141 Å². The molecule has 7 heteroatoms. The summed E-state index contributed by atoms with van der Waals surface area (Å²) < 4.78 is 0. The number of hydrogen-bond donors (Lipinski definition) is 2. The molecular formula is C17H25N3O4. The zero-order valence-electron chi connectivity index (χ0n) is 14.0. The number of likely N-dealkylation sites (tertiary alicyclic amines) is 1. The van der Waals surface area contributed by atoms with Crippen LogP contribution in [0.3, 0.4) is 0 Å². The Bertz CT molecular complexity index is 551. The Morgan fingerprint density at radius 1 is 1.38 bits per heavy atom. The molecule has 1 aromatic rings. The van der Waals surface area contributed by atoms with Crippen LogP contribution in [0.2, 0.25) is 0 Å². The van der Waals surface area contributed by atoms with E-state index in [0.29, 0.717) is 25.3 Å². The van der Waals surface area contributed by atoms with Gasteiger partial charge in [-0.05, 0) is 44.2 Å².